The molecule has 7 heteroatoms. The van der Waals surface area contributed by atoms with Gasteiger partial charge in [-0.3, -0.25) is 4.31 Å². The molecule has 29 heavy (non-hydrogen) atoms. The van der Waals surface area contributed by atoms with E-state index in [0.717, 1.165) is 10.0 Å². The molecule has 0 amide bonds. The van der Waals surface area contributed by atoms with E-state index < -0.39 is 10.0 Å². The van der Waals surface area contributed by atoms with Crippen LogP contribution >= 0.6 is 15.9 Å². The predicted octanol–water partition coefficient (Wildman–Crippen LogP) is 5.17. The summed E-state index contributed by atoms with van der Waals surface area (Å²) >= 11 is 3.41. The molecule has 0 aromatic heterocycles. The maximum atomic E-state index is 13.6. The van der Waals surface area contributed by atoms with Crippen molar-refractivity contribution < 1.29 is 17.9 Å². The number of sulfonamides is 1. The Kier molecular flexibility index (Phi) is 6.49. The molecule has 0 N–H and O–H groups in total. The summed E-state index contributed by atoms with van der Waals surface area (Å²) in [6, 6.07) is 19.5. The lowest BCUT2D eigenvalue weighted by Gasteiger charge is -2.26. The summed E-state index contributed by atoms with van der Waals surface area (Å²) in [6.45, 7) is 1.92. The molecule has 3 rings (SSSR count). The average molecular weight is 476 g/mol. The number of benzene rings is 3. The van der Waals surface area contributed by atoms with Crippen LogP contribution in [0, 0.1) is 6.92 Å². The van der Waals surface area contributed by atoms with Crippen LogP contribution in [0.5, 0.6) is 11.5 Å². The molecule has 0 aliphatic rings. The summed E-state index contributed by atoms with van der Waals surface area (Å²) in [4.78, 5) is 0.276. The quantitative estimate of drug-likeness (QED) is 0.472. The van der Waals surface area contributed by atoms with Crippen molar-refractivity contribution in [3.8, 4) is 11.5 Å². The minimum Gasteiger partial charge on any atom is -0.497 e. The molecule has 0 radical (unpaired) electrons. The van der Waals surface area contributed by atoms with E-state index in [1.165, 1.54) is 4.31 Å². The number of hydrogen-bond donors (Lipinski definition) is 0. The molecule has 0 unspecified atom stereocenters. The zero-order chi connectivity index (χ0) is 21.0. The maximum absolute atomic E-state index is 13.6. The lowest BCUT2D eigenvalue weighted by atomic mass is 10.2. The maximum Gasteiger partial charge on any atom is 0.264 e. The fourth-order valence-corrected chi connectivity index (χ4v) is 4.96. The third-order valence-electron chi connectivity index (χ3n) is 4.51. The van der Waals surface area contributed by atoms with Crippen LogP contribution in [-0.2, 0) is 16.6 Å². The first-order valence-electron chi connectivity index (χ1n) is 8.91. The van der Waals surface area contributed by atoms with Gasteiger partial charge in [-0.1, -0.05) is 34.1 Å². The van der Waals surface area contributed by atoms with Crippen LogP contribution in [0.25, 0.3) is 0 Å². The predicted molar refractivity (Wildman–Crippen MR) is 118 cm³/mol. The molecule has 0 saturated carbocycles. The number of methoxy groups -OCH3 is 2. The normalized spacial score (nSPS) is 11.2. The average Bonchev–Trinajstić information content (AvgIpc) is 2.72. The summed E-state index contributed by atoms with van der Waals surface area (Å²) in [6.07, 6.45) is 0. The van der Waals surface area contributed by atoms with Crippen LogP contribution in [0.4, 0.5) is 5.69 Å². The van der Waals surface area contributed by atoms with E-state index >= 15 is 0 Å². The number of halogens is 1. The molecular formula is C22H22BrNO4S. The van der Waals surface area contributed by atoms with Gasteiger partial charge in [0.2, 0.25) is 0 Å². The van der Waals surface area contributed by atoms with Crippen molar-refractivity contribution in [1.29, 1.82) is 0 Å². The third-order valence-corrected chi connectivity index (χ3v) is 6.98. The molecule has 0 spiro atoms. The molecule has 0 aliphatic carbocycles. The molecule has 3 aromatic carbocycles. The van der Waals surface area contributed by atoms with Crippen molar-refractivity contribution in [2.45, 2.75) is 18.4 Å². The fourth-order valence-electron chi connectivity index (χ4n) is 3.01. The summed E-state index contributed by atoms with van der Waals surface area (Å²) in [5.74, 6) is 1.20. The van der Waals surface area contributed by atoms with Gasteiger partial charge in [-0.25, -0.2) is 8.42 Å². The van der Waals surface area contributed by atoms with Gasteiger partial charge in [0, 0.05) is 10.5 Å². The van der Waals surface area contributed by atoms with Crippen LogP contribution in [-0.4, -0.2) is 22.6 Å². The van der Waals surface area contributed by atoms with Crippen LogP contribution < -0.4 is 13.8 Å². The fraction of sp³-hybridized carbons (Fsp3) is 0.182. The van der Waals surface area contributed by atoms with Gasteiger partial charge >= 0.3 is 0 Å². The van der Waals surface area contributed by atoms with Crippen molar-refractivity contribution in [1.82, 2.24) is 0 Å². The second-order valence-corrected chi connectivity index (χ2v) is 9.22. The van der Waals surface area contributed by atoms with E-state index in [-0.39, 0.29) is 11.4 Å². The minimum absolute atomic E-state index is 0.131. The standard InChI is InChI=1S/C22H22BrNO4S/c1-16-6-4-5-7-22(16)29(25,26)24(19-10-8-18(23)9-11-19)15-17-12-20(27-2)14-21(13-17)28-3/h4-14H,15H2,1-3H3. The summed E-state index contributed by atoms with van der Waals surface area (Å²) in [5.41, 5.74) is 2.01. The number of ether oxygens (including phenoxy) is 2. The Morgan fingerprint density at radius 3 is 2.03 bits per heavy atom. The summed E-state index contributed by atoms with van der Waals surface area (Å²) < 4.78 is 40.1. The van der Waals surface area contributed by atoms with Crippen LogP contribution in [0.1, 0.15) is 11.1 Å². The van der Waals surface area contributed by atoms with Crippen molar-refractivity contribution >= 4 is 31.6 Å². The van der Waals surface area contributed by atoms with E-state index in [0.29, 0.717) is 22.7 Å². The highest BCUT2D eigenvalue weighted by molar-refractivity contribution is 9.10. The van der Waals surface area contributed by atoms with E-state index in [2.05, 4.69) is 15.9 Å². The molecule has 5 nitrogen and oxygen atoms in total. The largest absolute Gasteiger partial charge is 0.497 e. The summed E-state index contributed by atoms with van der Waals surface area (Å²) in [7, 11) is -0.669. The Bertz CT molecular complexity index is 1080. The Labute approximate surface area is 180 Å². The number of hydrogen-bond acceptors (Lipinski definition) is 4. The van der Waals surface area contributed by atoms with E-state index in [9.17, 15) is 8.42 Å². The second-order valence-electron chi connectivity index (χ2n) is 6.47. The van der Waals surface area contributed by atoms with Gasteiger partial charge in [0.1, 0.15) is 11.5 Å². The Morgan fingerprint density at radius 2 is 1.48 bits per heavy atom. The zero-order valence-corrected chi connectivity index (χ0v) is 18.8. The lowest BCUT2D eigenvalue weighted by Crippen LogP contribution is -2.31. The summed E-state index contributed by atoms with van der Waals surface area (Å²) in [5, 5.41) is 0. The van der Waals surface area contributed by atoms with E-state index in [1.54, 1.807) is 57.5 Å². The molecule has 0 bridgehead atoms. The van der Waals surface area contributed by atoms with Crippen molar-refractivity contribution in [3.05, 3.63) is 82.3 Å². The molecule has 0 fully saturated rings. The van der Waals surface area contributed by atoms with Gasteiger partial charge in [-0.2, -0.15) is 0 Å². The third kappa shape index (κ3) is 4.74. The second kappa shape index (κ2) is 8.88. The Morgan fingerprint density at radius 1 is 0.897 bits per heavy atom. The van der Waals surface area contributed by atoms with Crippen molar-refractivity contribution in [2.75, 3.05) is 18.5 Å². The highest BCUT2D eigenvalue weighted by Gasteiger charge is 2.27. The smallest absolute Gasteiger partial charge is 0.264 e. The Hall–Kier alpha value is -2.51. The van der Waals surface area contributed by atoms with Gasteiger partial charge in [0.15, 0.2) is 0 Å². The molecule has 152 valence electrons. The monoisotopic (exact) mass is 475 g/mol. The van der Waals surface area contributed by atoms with Gasteiger partial charge in [0.05, 0.1) is 31.3 Å². The number of aryl methyl sites for hydroxylation is 1. The molecular weight excluding hydrogens is 454 g/mol. The first kappa shape index (κ1) is 21.2. The van der Waals surface area contributed by atoms with Gasteiger partial charge in [-0.05, 0) is 60.5 Å². The SMILES string of the molecule is COc1cc(CN(c2ccc(Br)cc2)S(=O)(=O)c2ccccc2C)cc(OC)c1. The van der Waals surface area contributed by atoms with Gasteiger partial charge in [0.25, 0.3) is 10.0 Å². The topological polar surface area (TPSA) is 55.8 Å². The minimum atomic E-state index is -3.80. The number of anilines is 1. The molecule has 0 aliphatic heterocycles. The molecule has 0 saturated heterocycles. The zero-order valence-electron chi connectivity index (χ0n) is 16.4. The highest BCUT2D eigenvalue weighted by atomic mass is 79.9. The van der Waals surface area contributed by atoms with E-state index in [1.807, 2.05) is 30.3 Å². The lowest BCUT2D eigenvalue weighted by molar-refractivity contribution is 0.393. The van der Waals surface area contributed by atoms with Gasteiger partial charge < -0.3 is 9.47 Å². The van der Waals surface area contributed by atoms with Crippen LogP contribution in [0.3, 0.4) is 0 Å². The first-order valence-corrected chi connectivity index (χ1v) is 11.1. The first-order chi connectivity index (χ1) is 13.8. The van der Waals surface area contributed by atoms with Crippen LogP contribution in [0.2, 0.25) is 0 Å². The molecule has 0 heterocycles. The van der Waals surface area contributed by atoms with Crippen molar-refractivity contribution in [2.24, 2.45) is 0 Å². The van der Waals surface area contributed by atoms with Crippen molar-refractivity contribution in [3.63, 3.8) is 0 Å². The van der Waals surface area contributed by atoms with Crippen LogP contribution in [0.15, 0.2) is 76.1 Å². The number of nitrogens with zero attached hydrogens (tertiary/aromatic N) is 1. The molecule has 0 atom stereocenters. The Balaban J connectivity index is 2.12. The number of rotatable bonds is 7. The van der Waals surface area contributed by atoms with E-state index in [4.69, 9.17) is 9.47 Å². The van der Waals surface area contributed by atoms with Gasteiger partial charge in [-0.15, -0.1) is 0 Å². The highest BCUT2D eigenvalue weighted by Crippen LogP contribution is 2.31. The molecule has 3 aromatic rings.